The lowest BCUT2D eigenvalue weighted by atomic mass is 9.59. The monoisotopic (exact) mass is 532 g/mol. The van der Waals surface area contributed by atoms with Gasteiger partial charge in [-0.2, -0.15) is 5.26 Å². The number of nitrogens with one attached hydrogen (secondary N) is 1. The maximum absolute atomic E-state index is 12.9. The van der Waals surface area contributed by atoms with Crippen LogP contribution < -0.4 is 5.32 Å². The SMILES string of the molecule is CC(C)(C)OC(=O)NC1(c2ccc(-c3nc4ccnc(C#N)c4cc3-c3ccccc3)cc2)CC(O)(C2CC2)C1. The first-order valence-corrected chi connectivity index (χ1v) is 13.7. The Morgan fingerprint density at radius 1 is 1.05 bits per heavy atom. The van der Waals surface area contributed by atoms with Crippen LogP contribution in [-0.4, -0.2) is 32.4 Å². The Kier molecular flexibility index (Phi) is 6.12. The minimum absolute atomic E-state index is 0.295. The molecule has 0 bridgehead atoms. The lowest BCUT2D eigenvalue weighted by molar-refractivity contribution is -0.118. The maximum Gasteiger partial charge on any atom is 0.408 e. The van der Waals surface area contributed by atoms with Gasteiger partial charge in [0.25, 0.3) is 0 Å². The third kappa shape index (κ3) is 4.80. The van der Waals surface area contributed by atoms with E-state index in [1.165, 1.54) is 0 Å². The fraction of sp³-hybridized carbons (Fsp3) is 0.333. The Balaban J connectivity index is 1.40. The van der Waals surface area contributed by atoms with Crippen molar-refractivity contribution in [2.24, 2.45) is 5.92 Å². The van der Waals surface area contributed by atoms with Crippen LogP contribution >= 0.6 is 0 Å². The zero-order valence-electron chi connectivity index (χ0n) is 22.9. The number of aliphatic hydroxyl groups is 1. The molecular weight excluding hydrogens is 500 g/mol. The normalized spacial score (nSPS) is 22.3. The molecule has 2 aliphatic carbocycles. The average Bonchev–Trinajstić information content (AvgIpc) is 3.77. The van der Waals surface area contributed by atoms with Crippen molar-refractivity contribution in [2.75, 3.05) is 0 Å². The molecule has 202 valence electrons. The Bertz CT molecular complexity index is 1630. The van der Waals surface area contributed by atoms with E-state index in [1.807, 2.05) is 87.5 Å². The van der Waals surface area contributed by atoms with Crippen molar-refractivity contribution in [3.05, 3.63) is 84.2 Å². The Hall–Kier alpha value is -4.28. The summed E-state index contributed by atoms with van der Waals surface area (Å²) in [4.78, 5) is 22.1. The summed E-state index contributed by atoms with van der Waals surface area (Å²) in [5.41, 5.74) is 3.45. The standard InChI is InChI=1S/C33H32N4O3/c1-31(2,3)40-30(38)37-32(19-33(39,20-32)24-13-14-24)23-11-9-22(10-12-23)29-25(21-7-5-4-6-8-21)17-26-27(36-29)15-16-35-28(26)18-34/h4-12,15-17,24,39H,13-14,19-20H2,1-3H3,(H,37,38). The van der Waals surface area contributed by atoms with Gasteiger partial charge in [0.1, 0.15) is 17.4 Å². The van der Waals surface area contributed by atoms with E-state index in [0.717, 1.165) is 40.8 Å². The van der Waals surface area contributed by atoms with Gasteiger partial charge in [0, 0.05) is 35.6 Å². The quantitative estimate of drug-likeness (QED) is 0.304. The molecule has 2 aliphatic rings. The third-order valence-corrected chi connectivity index (χ3v) is 7.94. The molecule has 40 heavy (non-hydrogen) atoms. The predicted molar refractivity (Wildman–Crippen MR) is 153 cm³/mol. The van der Waals surface area contributed by atoms with Crippen LogP contribution in [0.4, 0.5) is 4.79 Å². The van der Waals surface area contributed by atoms with Gasteiger partial charge in [0.05, 0.1) is 22.4 Å². The second kappa shape index (κ2) is 9.42. The number of fused-ring (bicyclic) bond motifs is 1. The number of nitrogens with zero attached hydrogens (tertiary/aromatic N) is 3. The van der Waals surface area contributed by atoms with Gasteiger partial charge in [-0.25, -0.2) is 14.8 Å². The number of alkyl carbamates (subject to hydrolysis) is 1. The number of aromatic nitrogens is 2. The van der Waals surface area contributed by atoms with Crippen molar-refractivity contribution in [1.29, 1.82) is 5.26 Å². The second-order valence-corrected chi connectivity index (χ2v) is 12.1. The van der Waals surface area contributed by atoms with Crippen molar-refractivity contribution in [2.45, 2.75) is 63.2 Å². The molecule has 2 aromatic heterocycles. The van der Waals surface area contributed by atoms with Crippen LogP contribution in [0.5, 0.6) is 0 Å². The summed E-state index contributed by atoms with van der Waals surface area (Å²) in [6.07, 6.45) is 4.08. The van der Waals surface area contributed by atoms with Gasteiger partial charge in [0.2, 0.25) is 0 Å². The van der Waals surface area contributed by atoms with E-state index in [2.05, 4.69) is 16.4 Å². The Labute approximate surface area is 233 Å². The number of rotatable bonds is 5. The molecule has 0 aliphatic heterocycles. The minimum atomic E-state index is -0.763. The van der Waals surface area contributed by atoms with Crippen LogP contribution in [0.2, 0.25) is 0 Å². The topological polar surface area (TPSA) is 108 Å². The van der Waals surface area contributed by atoms with E-state index in [-0.39, 0.29) is 0 Å². The van der Waals surface area contributed by atoms with Crippen LogP contribution in [0.1, 0.15) is 57.7 Å². The minimum Gasteiger partial charge on any atom is -0.444 e. The molecular formula is C33H32N4O3. The number of ether oxygens (including phenoxy) is 1. The van der Waals surface area contributed by atoms with Crippen molar-refractivity contribution >= 4 is 17.0 Å². The summed E-state index contributed by atoms with van der Waals surface area (Å²) in [5, 5.41) is 24.6. The lowest BCUT2D eigenvalue weighted by Gasteiger charge is -2.54. The van der Waals surface area contributed by atoms with Crippen molar-refractivity contribution in [3.8, 4) is 28.5 Å². The molecule has 7 heteroatoms. The second-order valence-electron chi connectivity index (χ2n) is 12.1. The highest BCUT2D eigenvalue weighted by atomic mass is 16.6. The Morgan fingerprint density at radius 2 is 1.75 bits per heavy atom. The zero-order chi connectivity index (χ0) is 28.1. The number of hydrogen-bond donors (Lipinski definition) is 2. The van der Waals surface area contributed by atoms with Crippen LogP contribution in [0.3, 0.4) is 0 Å². The molecule has 0 saturated heterocycles. The molecule has 2 N–H and O–H groups in total. The summed E-state index contributed by atoms with van der Waals surface area (Å²) in [5.74, 6) is 0.295. The van der Waals surface area contributed by atoms with Crippen LogP contribution in [0.25, 0.3) is 33.3 Å². The van der Waals surface area contributed by atoms with E-state index in [1.54, 1.807) is 6.20 Å². The van der Waals surface area contributed by atoms with Gasteiger partial charge in [-0.15, -0.1) is 0 Å². The fourth-order valence-corrected chi connectivity index (χ4v) is 5.96. The first-order chi connectivity index (χ1) is 19.1. The highest BCUT2D eigenvalue weighted by Gasteiger charge is 2.61. The van der Waals surface area contributed by atoms with Gasteiger partial charge in [-0.3, -0.25) is 0 Å². The van der Waals surface area contributed by atoms with Gasteiger partial charge in [0.15, 0.2) is 0 Å². The smallest absolute Gasteiger partial charge is 0.408 e. The third-order valence-electron chi connectivity index (χ3n) is 7.94. The Morgan fingerprint density at radius 3 is 2.38 bits per heavy atom. The number of nitriles is 1. The molecule has 0 radical (unpaired) electrons. The number of pyridine rings is 2. The summed E-state index contributed by atoms with van der Waals surface area (Å²) < 4.78 is 5.58. The first-order valence-electron chi connectivity index (χ1n) is 13.7. The van der Waals surface area contributed by atoms with Crippen LogP contribution in [-0.2, 0) is 10.3 Å². The van der Waals surface area contributed by atoms with Gasteiger partial charge >= 0.3 is 6.09 Å². The summed E-state index contributed by atoms with van der Waals surface area (Å²) in [6, 6.07) is 24.0. The number of hydrogen-bond acceptors (Lipinski definition) is 6. The van der Waals surface area contributed by atoms with E-state index < -0.39 is 22.8 Å². The van der Waals surface area contributed by atoms with Crippen molar-refractivity contribution in [1.82, 2.24) is 15.3 Å². The molecule has 2 saturated carbocycles. The van der Waals surface area contributed by atoms with Gasteiger partial charge in [-0.05, 0) is 62.8 Å². The molecule has 2 heterocycles. The lowest BCUT2D eigenvalue weighted by Crippen LogP contribution is -2.64. The predicted octanol–water partition coefficient (Wildman–Crippen LogP) is 6.49. The van der Waals surface area contributed by atoms with Gasteiger partial charge < -0.3 is 15.2 Å². The molecule has 7 nitrogen and oxygen atoms in total. The summed E-state index contributed by atoms with van der Waals surface area (Å²) in [6.45, 7) is 5.52. The largest absolute Gasteiger partial charge is 0.444 e. The average molecular weight is 533 g/mol. The van der Waals surface area contributed by atoms with E-state index in [9.17, 15) is 15.2 Å². The number of carbonyl (C=O) groups excluding carboxylic acids is 1. The molecule has 0 atom stereocenters. The molecule has 0 unspecified atom stereocenters. The van der Waals surface area contributed by atoms with E-state index in [4.69, 9.17) is 9.72 Å². The number of benzene rings is 2. The molecule has 4 aromatic rings. The fourth-order valence-electron chi connectivity index (χ4n) is 5.96. The zero-order valence-corrected chi connectivity index (χ0v) is 22.9. The van der Waals surface area contributed by atoms with Gasteiger partial charge in [-0.1, -0.05) is 54.6 Å². The van der Waals surface area contributed by atoms with E-state index in [0.29, 0.717) is 35.4 Å². The van der Waals surface area contributed by atoms with Crippen LogP contribution in [0.15, 0.2) is 72.9 Å². The van der Waals surface area contributed by atoms with Crippen LogP contribution in [0, 0.1) is 17.2 Å². The van der Waals surface area contributed by atoms with Crippen molar-refractivity contribution in [3.63, 3.8) is 0 Å². The highest BCUT2D eigenvalue weighted by molar-refractivity contribution is 5.93. The summed E-state index contributed by atoms with van der Waals surface area (Å²) in [7, 11) is 0. The maximum atomic E-state index is 12.9. The molecule has 1 amide bonds. The first kappa shape index (κ1) is 26.0. The molecule has 2 fully saturated rings. The molecule has 0 spiro atoms. The number of carbonyl (C=O) groups is 1. The highest BCUT2D eigenvalue weighted by Crippen LogP contribution is 2.58. The van der Waals surface area contributed by atoms with E-state index >= 15 is 0 Å². The summed E-state index contributed by atoms with van der Waals surface area (Å²) >= 11 is 0. The van der Waals surface area contributed by atoms with Crippen molar-refractivity contribution < 1.29 is 14.6 Å². The molecule has 6 rings (SSSR count). The number of amides is 1. The molecule has 2 aromatic carbocycles.